The van der Waals surface area contributed by atoms with Gasteiger partial charge >= 0.3 is 0 Å². The summed E-state index contributed by atoms with van der Waals surface area (Å²) in [7, 11) is 3.79. The van der Waals surface area contributed by atoms with Crippen LogP contribution in [0.3, 0.4) is 0 Å². The fourth-order valence-electron chi connectivity index (χ4n) is 3.30. The average molecular weight is 368 g/mol. The fraction of sp³-hybridized carbons (Fsp3) is 0.333. The second kappa shape index (κ2) is 7.40. The minimum absolute atomic E-state index is 0.0717. The Balaban J connectivity index is 2.15. The maximum atomic E-state index is 12.8. The molecule has 6 heteroatoms. The number of benzene rings is 1. The van der Waals surface area contributed by atoms with Crippen LogP contribution in [0, 0.1) is 13.8 Å². The van der Waals surface area contributed by atoms with Crippen molar-refractivity contribution in [2.45, 2.75) is 19.9 Å². The van der Waals surface area contributed by atoms with E-state index in [1.807, 2.05) is 51.0 Å². The molecule has 1 amide bonds. The number of aryl methyl sites for hydroxylation is 2. The molecule has 1 aromatic carbocycles. The van der Waals surface area contributed by atoms with Gasteiger partial charge in [-0.25, -0.2) is 0 Å². The molecule has 2 aromatic rings. The number of hydrogen-bond donors (Lipinski definition) is 1. The van der Waals surface area contributed by atoms with Crippen LogP contribution >= 0.6 is 0 Å². The van der Waals surface area contributed by atoms with Crippen molar-refractivity contribution in [3.63, 3.8) is 0 Å². The van der Waals surface area contributed by atoms with Crippen LogP contribution in [-0.2, 0) is 9.59 Å². The van der Waals surface area contributed by atoms with E-state index in [0.717, 1.165) is 11.1 Å². The Kier molecular flexibility index (Phi) is 5.19. The first kappa shape index (κ1) is 18.9. The molecule has 1 atom stereocenters. The summed E-state index contributed by atoms with van der Waals surface area (Å²) in [6.07, 6.45) is 1.50. The summed E-state index contributed by atoms with van der Waals surface area (Å²) >= 11 is 0. The van der Waals surface area contributed by atoms with Crippen LogP contribution in [0.15, 0.2) is 46.6 Å². The molecule has 1 unspecified atom stereocenters. The van der Waals surface area contributed by atoms with Crippen LogP contribution in [0.5, 0.6) is 0 Å². The summed E-state index contributed by atoms with van der Waals surface area (Å²) in [6, 6.07) is 8.33. The number of Topliss-reactive ketones (excluding diaryl/α,β-unsaturated/α-hetero) is 1. The lowest BCUT2D eigenvalue weighted by Gasteiger charge is -2.24. The zero-order valence-corrected chi connectivity index (χ0v) is 16.0. The molecule has 3 rings (SSSR count). The molecule has 1 saturated heterocycles. The van der Waals surface area contributed by atoms with Gasteiger partial charge in [0.2, 0.25) is 0 Å². The highest BCUT2D eigenvalue weighted by Crippen LogP contribution is 2.39. The second-order valence-electron chi connectivity index (χ2n) is 7.13. The quantitative estimate of drug-likeness (QED) is 0.499. The van der Waals surface area contributed by atoms with Gasteiger partial charge in [0.15, 0.2) is 0 Å². The monoisotopic (exact) mass is 368 g/mol. The van der Waals surface area contributed by atoms with E-state index in [1.54, 1.807) is 12.1 Å². The Morgan fingerprint density at radius 1 is 1.22 bits per heavy atom. The standard InChI is InChI=1S/C21H24N2O4/c1-13-7-8-14(2)15(12-13)19(24)17-18(16-6-5-11-27-16)23(10-9-22(3)4)21(26)20(17)25/h5-8,11-12,18,24H,9-10H2,1-4H3. The smallest absolute Gasteiger partial charge is 0.295 e. The molecule has 1 N–H and O–H groups in total. The first-order valence-corrected chi connectivity index (χ1v) is 8.85. The average Bonchev–Trinajstić information content (AvgIpc) is 3.22. The molecule has 142 valence electrons. The zero-order valence-electron chi connectivity index (χ0n) is 16.0. The summed E-state index contributed by atoms with van der Waals surface area (Å²) in [6.45, 7) is 4.72. The molecule has 1 aliphatic rings. The van der Waals surface area contributed by atoms with E-state index in [4.69, 9.17) is 4.42 Å². The maximum Gasteiger partial charge on any atom is 0.295 e. The molecular formula is C21H24N2O4. The largest absolute Gasteiger partial charge is 0.507 e. The minimum atomic E-state index is -0.736. The Bertz CT molecular complexity index is 897. The van der Waals surface area contributed by atoms with Crippen molar-refractivity contribution in [2.24, 2.45) is 0 Å². The number of amides is 1. The highest BCUT2D eigenvalue weighted by molar-refractivity contribution is 6.46. The number of hydrogen-bond acceptors (Lipinski definition) is 5. The molecule has 1 aliphatic heterocycles. The predicted octanol–water partition coefficient (Wildman–Crippen LogP) is 2.88. The molecule has 0 aliphatic carbocycles. The van der Waals surface area contributed by atoms with Crippen LogP contribution in [0.1, 0.15) is 28.5 Å². The number of ketones is 1. The summed E-state index contributed by atoms with van der Waals surface area (Å²) in [4.78, 5) is 28.9. The Labute approximate surface area is 158 Å². The van der Waals surface area contributed by atoms with Crippen molar-refractivity contribution < 1.29 is 19.1 Å². The Morgan fingerprint density at radius 3 is 2.59 bits per heavy atom. The van der Waals surface area contributed by atoms with E-state index < -0.39 is 17.7 Å². The van der Waals surface area contributed by atoms with Crippen LogP contribution < -0.4 is 0 Å². The maximum absolute atomic E-state index is 12.8. The van der Waals surface area contributed by atoms with Crippen molar-refractivity contribution >= 4 is 17.4 Å². The third-order valence-corrected chi connectivity index (χ3v) is 4.79. The summed E-state index contributed by atoms with van der Waals surface area (Å²) in [5.74, 6) is -1.01. The van der Waals surface area contributed by atoms with Crippen LogP contribution in [0.2, 0.25) is 0 Å². The van der Waals surface area contributed by atoms with Gasteiger partial charge in [-0.15, -0.1) is 0 Å². The van der Waals surface area contributed by atoms with Gasteiger partial charge in [-0.1, -0.05) is 17.7 Å². The van der Waals surface area contributed by atoms with Gasteiger partial charge in [0.1, 0.15) is 17.6 Å². The van der Waals surface area contributed by atoms with Crippen LogP contribution in [0.4, 0.5) is 0 Å². The number of nitrogens with zero attached hydrogens (tertiary/aromatic N) is 2. The SMILES string of the molecule is Cc1ccc(C)c(C(O)=C2C(=O)C(=O)N(CCN(C)C)C2c2ccco2)c1. The Morgan fingerprint density at radius 2 is 1.96 bits per heavy atom. The van der Waals surface area contributed by atoms with Gasteiger partial charge in [0.25, 0.3) is 11.7 Å². The third kappa shape index (κ3) is 3.53. The number of carbonyl (C=O) groups excluding carboxylic acids is 2. The number of likely N-dealkylation sites (N-methyl/N-ethyl adjacent to an activating group) is 1. The lowest BCUT2D eigenvalue weighted by Crippen LogP contribution is -2.35. The molecule has 0 radical (unpaired) electrons. The summed E-state index contributed by atoms with van der Waals surface area (Å²) in [5.41, 5.74) is 2.41. The molecular weight excluding hydrogens is 344 g/mol. The van der Waals surface area contributed by atoms with Gasteiger partial charge in [0, 0.05) is 18.7 Å². The molecule has 1 aromatic heterocycles. The van der Waals surface area contributed by atoms with E-state index in [-0.39, 0.29) is 11.3 Å². The molecule has 0 bridgehead atoms. The van der Waals surface area contributed by atoms with E-state index in [0.29, 0.717) is 24.4 Å². The van der Waals surface area contributed by atoms with Crippen molar-refractivity contribution in [2.75, 3.05) is 27.2 Å². The fourth-order valence-corrected chi connectivity index (χ4v) is 3.30. The number of rotatable bonds is 5. The number of aliphatic hydroxyl groups excluding tert-OH is 1. The van der Waals surface area contributed by atoms with Crippen LogP contribution in [-0.4, -0.2) is 53.8 Å². The molecule has 27 heavy (non-hydrogen) atoms. The topological polar surface area (TPSA) is 74.0 Å². The van der Waals surface area contributed by atoms with Gasteiger partial charge in [-0.05, 0) is 51.7 Å². The molecule has 2 heterocycles. The van der Waals surface area contributed by atoms with Gasteiger partial charge in [-0.3, -0.25) is 9.59 Å². The van der Waals surface area contributed by atoms with Crippen molar-refractivity contribution in [3.05, 3.63) is 64.6 Å². The lowest BCUT2D eigenvalue weighted by molar-refractivity contribution is -0.140. The van der Waals surface area contributed by atoms with Gasteiger partial charge < -0.3 is 19.3 Å². The molecule has 6 nitrogen and oxygen atoms in total. The normalized spacial score (nSPS) is 19.3. The first-order chi connectivity index (χ1) is 12.8. The minimum Gasteiger partial charge on any atom is -0.507 e. The first-order valence-electron chi connectivity index (χ1n) is 8.85. The molecule has 1 fully saturated rings. The number of likely N-dealkylation sites (tertiary alicyclic amines) is 1. The molecule has 0 saturated carbocycles. The van der Waals surface area contributed by atoms with Gasteiger partial charge in [-0.2, -0.15) is 0 Å². The predicted molar refractivity (Wildman–Crippen MR) is 102 cm³/mol. The van der Waals surface area contributed by atoms with E-state index in [2.05, 4.69) is 0 Å². The van der Waals surface area contributed by atoms with E-state index >= 15 is 0 Å². The van der Waals surface area contributed by atoms with Crippen LogP contribution in [0.25, 0.3) is 5.76 Å². The number of carbonyl (C=O) groups is 2. The highest BCUT2D eigenvalue weighted by Gasteiger charge is 2.47. The van der Waals surface area contributed by atoms with Crippen molar-refractivity contribution in [1.82, 2.24) is 9.80 Å². The zero-order chi connectivity index (χ0) is 19.7. The second-order valence-corrected chi connectivity index (χ2v) is 7.13. The molecule has 0 spiro atoms. The van der Waals surface area contributed by atoms with E-state index in [9.17, 15) is 14.7 Å². The van der Waals surface area contributed by atoms with Crippen molar-refractivity contribution in [1.29, 1.82) is 0 Å². The third-order valence-electron chi connectivity index (χ3n) is 4.79. The summed E-state index contributed by atoms with van der Waals surface area (Å²) < 4.78 is 5.52. The van der Waals surface area contributed by atoms with Crippen molar-refractivity contribution in [3.8, 4) is 0 Å². The number of furan rings is 1. The summed E-state index contributed by atoms with van der Waals surface area (Å²) in [5, 5.41) is 11.0. The Hall–Kier alpha value is -2.86. The van der Waals surface area contributed by atoms with Gasteiger partial charge in [0.05, 0.1) is 11.8 Å². The number of aliphatic hydroxyl groups is 1. The highest BCUT2D eigenvalue weighted by atomic mass is 16.3. The van der Waals surface area contributed by atoms with E-state index in [1.165, 1.54) is 11.2 Å². The lowest BCUT2D eigenvalue weighted by atomic mass is 9.96.